The number of anilines is 1. The summed E-state index contributed by atoms with van der Waals surface area (Å²) in [5.74, 6) is 1.11. The molecule has 1 unspecified atom stereocenters. The van der Waals surface area contributed by atoms with Gasteiger partial charge in [0.1, 0.15) is 5.82 Å². The zero-order valence-electron chi connectivity index (χ0n) is 10.4. The van der Waals surface area contributed by atoms with Crippen LogP contribution in [0.2, 0.25) is 0 Å². The van der Waals surface area contributed by atoms with Gasteiger partial charge in [-0.15, -0.1) is 0 Å². The van der Waals surface area contributed by atoms with E-state index >= 15 is 0 Å². The number of hydrogen-bond donors (Lipinski definition) is 2. The van der Waals surface area contributed by atoms with E-state index in [0.29, 0.717) is 11.7 Å². The molecule has 0 amide bonds. The first kappa shape index (κ1) is 12.4. The average molecular weight is 243 g/mol. The highest BCUT2D eigenvalue weighted by Gasteiger charge is 2.04. The molecule has 0 fully saturated rings. The lowest BCUT2D eigenvalue weighted by molar-refractivity contribution is 0.704. The van der Waals surface area contributed by atoms with Gasteiger partial charge >= 0.3 is 0 Å². The summed E-state index contributed by atoms with van der Waals surface area (Å²) < 4.78 is 0. The van der Waals surface area contributed by atoms with Gasteiger partial charge in [0, 0.05) is 12.6 Å². The zero-order valence-corrected chi connectivity index (χ0v) is 10.4. The van der Waals surface area contributed by atoms with Gasteiger partial charge in [0.2, 0.25) is 0 Å². The average Bonchev–Trinajstić information content (AvgIpc) is 2.40. The molecule has 0 aliphatic heterocycles. The van der Waals surface area contributed by atoms with Crippen LogP contribution in [0.3, 0.4) is 0 Å². The van der Waals surface area contributed by atoms with Gasteiger partial charge < -0.3 is 10.3 Å². The second-order valence-corrected chi connectivity index (χ2v) is 4.32. The third-order valence-corrected chi connectivity index (χ3v) is 2.93. The van der Waals surface area contributed by atoms with Crippen LogP contribution < -0.4 is 10.9 Å². The van der Waals surface area contributed by atoms with Gasteiger partial charge in [0.25, 0.3) is 5.56 Å². The van der Waals surface area contributed by atoms with Crippen molar-refractivity contribution in [3.8, 4) is 0 Å². The van der Waals surface area contributed by atoms with Crippen LogP contribution in [0, 0.1) is 0 Å². The fourth-order valence-corrected chi connectivity index (χ4v) is 1.83. The summed E-state index contributed by atoms with van der Waals surface area (Å²) in [6.45, 7) is 2.99. The molecule has 4 heteroatoms. The molecule has 0 aliphatic carbocycles. The van der Waals surface area contributed by atoms with E-state index in [9.17, 15) is 4.79 Å². The van der Waals surface area contributed by atoms with E-state index < -0.39 is 0 Å². The van der Waals surface area contributed by atoms with E-state index in [-0.39, 0.29) is 5.56 Å². The number of hydrogen-bond acceptors (Lipinski definition) is 3. The third-order valence-electron chi connectivity index (χ3n) is 2.93. The van der Waals surface area contributed by atoms with E-state index in [1.165, 1.54) is 18.0 Å². The van der Waals surface area contributed by atoms with E-state index in [1.807, 2.05) is 6.07 Å². The molecule has 0 aliphatic rings. The van der Waals surface area contributed by atoms with Crippen LogP contribution in [0.5, 0.6) is 0 Å². The van der Waals surface area contributed by atoms with Crippen molar-refractivity contribution in [1.82, 2.24) is 9.97 Å². The molecule has 1 heterocycles. The Balaban J connectivity index is 1.84. The molecule has 1 atom stereocenters. The van der Waals surface area contributed by atoms with Crippen molar-refractivity contribution in [2.75, 3.05) is 11.9 Å². The molecule has 18 heavy (non-hydrogen) atoms. The number of benzene rings is 1. The maximum absolute atomic E-state index is 11.1. The number of nitrogens with zero attached hydrogens (tertiary/aromatic N) is 1. The molecule has 1 aromatic heterocycles. The fraction of sp³-hybridized carbons (Fsp3) is 0.286. The molecule has 0 saturated carbocycles. The van der Waals surface area contributed by atoms with Crippen molar-refractivity contribution in [2.24, 2.45) is 0 Å². The number of rotatable bonds is 5. The molecule has 94 valence electrons. The highest BCUT2D eigenvalue weighted by Crippen LogP contribution is 2.17. The molecule has 2 N–H and O–H groups in total. The van der Waals surface area contributed by atoms with Crippen molar-refractivity contribution in [2.45, 2.75) is 19.3 Å². The van der Waals surface area contributed by atoms with Crippen LogP contribution in [0.25, 0.3) is 0 Å². The Kier molecular flexibility index (Phi) is 4.12. The fourth-order valence-electron chi connectivity index (χ4n) is 1.83. The van der Waals surface area contributed by atoms with Gasteiger partial charge in [0.15, 0.2) is 0 Å². The first-order valence-corrected chi connectivity index (χ1v) is 6.09. The Labute approximate surface area is 106 Å². The molecule has 0 saturated heterocycles. The Morgan fingerprint density at radius 2 is 2.11 bits per heavy atom. The maximum Gasteiger partial charge on any atom is 0.252 e. The van der Waals surface area contributed by atoms with Gasteiger partial charge in [-0.05, 0) is 17.9 Å². The zero-order chi connectivity index (χ0) is 12.8. The summed E-state index contributed by atoms with van der Waals surface area (Å²) in [5, 5.41) is 3.16. The van der Waals surface area contributed by atoms with Gasteiger partial charge in [0.05, 0.1) is 6.33 Å². The minimum absolute atomic E-state index is 0.136. The van der Waals surface area contributed by atoms with Crippen molar-refractivity contribution < 1.29 is 0 Å². The number of H-pyrrole nitrogens is 1. The molecule has 0 bridgehead atoms. The molecule has 1 aromatic carbocycles. The van der Waals surface area contributed by atoms with E-state index in [4.69, 9.17) is 0 Å². The topological polar surface area (TPSA) is 57.8 Å². The van der Waals surface area contributed by atoms with Crippen LogP contribution >= 0.6 is 0 Å². The summed E-state index contributed by atoms with van der Waals surface area (Å²) in [5.41, 5.74) is 1.20. The van der Waals surface area contributed by atoms with Crippen LogP contribution in [0.1, 0.15) is 24.8 Å². The van der Waals surface area contributed by atoms with E-state index in [0.717, 1.165) is 13.0 Å². The van der Waals surface area contributed by atoms with Crippen LogP contribution in [-0.4, -0.2) is 16.5 Å². The van der Waals surface area contributed by atoms with Crippen LogP contribution in [0.4, 0.5) is 5.82 Å². The Bertz CT molecular complexity index is 536. The molecule has 0 radical (unpaired) electrons. The minimum atomic E-state index is -0.136. The minimum Gasteiger partial charge on any atom is -0.370 e. The first-order chi connectivity index (χ1) is 8.75. The standard InChI is InChI=1S/C14H17N3O/c1-11(12-5-3-2-4-6-12)7-8-15-13-9-14(18)17-10-16-13/h2-6,9-11H,7-8H2,1H3,(H2,15,16,17,18). The Hall–Kier alpha value is -2.10. The van der Waals surface area contributed by atoms with Gasteiger partial charge in [-0.3, -0.25) is 4.79 Å². The lowest BCUT2D eigenvalue weighted by Gasteiger charge is -2.12. The Morgan fingerprint density at radius 1 is 1.33 bits per heavy atom. The van der Waals surface area contributed by atoms with E-state index in [2.05, 4.69) is 46.5 Å². The number of aromatic amines is 1. The van der Waals surface area contributed by atoms with Gasteiger partial charge in [-0.2, -0.15) is 0 Å². The lowest BCUT2D eigenvalue weighted by Crippen LogP contribution is -2.11. The van der Waals surface area contributed by atoms with Gasteiger partial charge in [-0.25, -0.2) is 4.98 Å². The molecule has 2 aromatic rings. The van der Waals surface area contributed by atoms with Crippen molar-refractivity contribution in [1.29, 1.82) is 0 Å². The van der Waals surface area contributed by atoms with Crippen molar-refractivity contribution in [3.63, 3.8) is 0 Å². The predicted molar refractivity (Wildman–Crippen MR) is 72.8 cm³/mol. The largest absolute Gasteiger partial charge is 0.370 e. The molecular weight excluding hydrogens is 226 g/mol. The van der Waals surface area contributed by atoms with Crippen molar-refractivity contribution in [3.05, 3.63) is 58.6 Å². The summed E-state index contributed by atoms with van der Waals surface area (Å²) >= 11 is 0. The molecule has 0 spiro atoms. The highest BCUT2D eigenvalue weighted by atomic mass is 16.1. The lowest BCUT2D eigenvalue weighted by atomic mass is 9.98. The van der Waals surface area contributed by atoms with Crippen LogP contribution in [-0.2, 0) is 0 Å². The SMILES string of the molecule is CC(CCNc1cc(=O)[nH]cn1)c1ccccc1. The maximum atomic E-state index is 11.1. The van der Waals surface area contributed by atoms with Crippen molar-refractivity contribution >= 4 is 5.82 Å². The second-order valence-electron chi connectivity index (χ2n) is 4.32. The smallest absolute Gasteiger partial charge is 0.252 e. The predicted octanol–water partition coefficient (Wildman–Crippen LogP) is 2.38. The number of nitrogens with one attached hydrogen (secondary N) is 2. The number of aromatic nitrogens is 2. The van der Waals surface area contributed by atoms with E-state index in [1.54, 1.807) is 0 Å². The quantitative estimate of drug-likeness (QED) is 0.847. The van der Waals surface area contributed by atoms with Crippen LogP contribution in [0.15, 0.2) is 47.5 Å². The third kappa shape index (κ3) is 3.45. The summed E-state index contributed by atoms with van der Waals surface area (Å²) in [6.07, 6.45) is 2.41. The normalized spacial score (nSPS) is 12.1. The monoisotopic (exact) mass is 243 g/mol. The molecular formula is C14H17N3O. The highest BCUT2D eigenvalue weighted by molar-refractivity contribution is 5.31. The Morgan fingerprint density at radius 3 is 2.83 bits per heavy atom. The summed E-state index contributed by atoms with van der Waals surface area (Å²) in [4.78, 5) is 17.6. The summed E-state index contributed by atoms with van der Waals surface area (Å²) in [6, 6.07) is 11.9. The summed E-state index contributed by atoms with van der Waals surface area (Å²) in [7, 11) is 0. The van der Waals surface area contributed by atoms with Gasteiger partial charge in [-0.1, -0.05) is 37.3 Å². The molecule has 4 nitrogen and oxygen atoms in total. The second kappa shape index (κ2) is 6.00. The first-order valence-electron chi connectivity index (χ1n) is 6.09. The molecule has 2 rings (SSSR count).